The molecule has 6 heteroatoms. The number of likely N-dealkylation sites (tertiary alicyclic amines) is 1. The number of hydrogen-bond acceptors (Lipinski definition) is 5. The predicted octanol–water partition coefficient (Wildman–Crippen LogP) is 1.21. The number of amides is 1. The number of anilines is 1. The van der Waals surface area contributed by atoms with Crippen molar-refractivity contribution >= 4 is 11.7 Å². The molecular formula is C19H30N4O2. The highest BCUT2D eigenvalue weighted by Gasteiger charge is 2.27. The number of aliphatic hydroxyl groups is 1. The van der Waals surface area contributed by atoms with Gasteiger partial charge in [-0.15, -0.1) is 0 Å². The molecule has 3 heterocycles. The molecule has 0 bridgehead atoms. The van der Waals surface area contributed by atoms with Crippen LogP contribution in [0.3, 0.4) is 0 Å². The molecular weight excluding hydrogens is 316 g/mol. The van der Waals surface area contributed by atoms with E-state index in [4.69, 9.17) is 0 Å². The molecule has 0 aliphatic carbocycles. The molecule has 2 aliphatic heterocycles. The van der Waals surface area contributed by atoms with Gasteiger partial charge in [0.25, 0.3) is 0 Å². The first-order chi connectivity index (χ1) is 12.1. The molecule has 0 spiro atoms. The zero-order valence-corrected chi connectivity index (χ0v) is 15.2. The normalized spacial score (nSPS) is 23.5. The van der Waals surface area contributed by atoms with Crippen molar-refractivity contribution in [1.82, 2.24) is 14.8 Å². The molecule has 2 aliphatic rings. The number of carbonyl (C=O) groups excluding carboxylic acids is 1. The lowest BCUT2D eigenvalue weighted by Gasteiger charge is -2.37. The first-order valence-corrected chi connectivity index (χ1v) is 9.47. The molecule has 0 radical (unpaired) electrons. The number of aliphatic hydroxyl groups excluding tert-OH is 1. The van der Waals surface area contributed by atoms with E-state index in [0.29, 0.717) is 13.0 Å². The molecule has 2 atom stereocenters. The van der Waals surface area contributed by atoms with E-state index < -0.39 is 0 Å². The molecule has 1 aromatic rings. The van der Waals surface area contributed by atoms with E-state index in [1.54, 1.807) is 0 Å². The lowest BCUT2D eigenvalue weighted by molar-refractivity contribution is -0.134. The smallest absolute Gasteiger partial charge is 0.223 e. The van der Waals surface area contributed by atoms with Gasteiger partial charge in [0.1, 0.15) is 5.82 Å². The van der Waals surface area contributed by atoms with Crippen LogP contribution in [0.2, 0.25) is 0 Å². The molecule has 2 fully saturated rings. The largest absolute Gasteiger partial charge is 0.393 e. The number of pyridine rings is 1. The van der Waals surface area contributed by atoms with Gasteiger partial charge in [-0.3, -0.25) is 9.69 Å². The van der Waals surface area contributed by atoms with Crippen molar-refractivity contribution < 1.29 is 9.90 Å². The second-order valence-electron chi connectivity index (χ2n) is 7.25. The average molecular weight is 346 g/mol. The van der Waals surface area contributed by atoms with Crippen LogP contribution in [0.1, 0.15) is 26.2 Å². The fourth-order valence-electron chi connectivity index (χ4n) is 3.78. The lowest BCUT2D eigenvalue weighted by Crippen LogP contribution is -2.48. The Labute approximate surface area is 150 Å². The maximum atomic E-state index is 12.5. The van der Waals surface area contributed by atoms with Crippen molar-refractivity contribution in [2.24, 2.45) is 5.92 Å². The Morgan fingerprint density at radius 3 is 2.76 bits per heavy atom. The molecule has 25 heavy (non-hydrogen) atoms. The number of piperazine rings is 1. The lowest BCUT2D eigenvalue weighted by atomic mass is 9.93. The van der Waals surface area contributed by atoms with Gasteiger partial charge in [0.05, 0.1) is 6.10 Å². The third-order valence-electron chi connectivity index (χ3n) is 5.48. The van der Waals surface area contributed by atoms with Crippen molar-refractivity contribution in [2.75, 3.05) is 50.7 Å². The number of hydrogen-bond donors (Lipinski definition) is 1. The third-order valence-corrected chi connectivity index (χ3v) is 5.48. The van der Waals surface area contributed by atoms with Gasteiger partial charge in [-0.1, -0.05) is 6.07 Å². The minimum Gasteiger partial charge on any atom is -0.393 e. The van der Waals surface area contributed by atoms with Crippen LogP contribution < -0.4 is 4.90 Å². The highest BCUT2D eigenvalue weighted by molar-refractivity contribution is 5.76. The predicted molar refractivity (Wildman–Crippen MR) is 98.5 cm³/mol. The molecule has 138 valence electrons. The Hall–Kier alpha value is -1.66. The van der Waals surface area contributed by atoms with Gasteiger partial charge in [0, 0.05) is 64.3 Å². The number of piperidine rings is 1. The highest BCUT2D eigenvalue weighted by atomic mass is 16.3. The van der Waals surface area contributed by atoms with Crippen LogP contribution in [-0.2, 0) is 4.79 Å². The molecule has 3 rings (SSSR count). The third kappa shape index (κ3) is 4.92. The van der Waals surface area contributed by atoms with E-state index in [-0.39, 0.29) is 17.9 Å². The molecule has 2 saturated heterocycles. The van der Waals surface area contributed by atoms with Crippen molar-refractivity contribution in [1.29, 1.82) is 0 Å². The SMILES string of the molecule is CC(O)C1CCCN(C(=O)CCN2CCN(c3ccccn3)CC2)C1. The van der Waals surface area contributed by atoms with Gasteiger partial charge in [-0.05, 0) is 31.9 Å². The van der Waals surface area contributed by atoms with Gasteiger partial charge in [0.2, 0.25) is 5.91 Å². The zero-order valence-electron chi connectivity index (χ0n) is 15.2. The van der Waals surface area contributed by atoms with E-state index in [2.05, 4.69) is 14.8 Å². The van der Waals surface area contributed by atoms with Crippen LogP contribution >= 0.6 is 0 Å². The molecule has 1 amide bonds. The van der Waals surface area contributed by atoms with E-state index in [9.17, 15) is 9.90 Å². The fourth-order valence-corrected chi connectivity index (χ4v) is 3.78. The summed E-state index contributed by atoms with van der Waals surface area (Å²) >= 11 is 0. The Bertz CT molecular complexity index is 544. The molecule has 0 saturated carbocycles. The van der Waals surface area contributed by atoms with Gasteiger partial charge >= 0.3 is 0 Å². The maximum absolute atomic E-state index is 12.5. The van der Waals surface area contributed by atoms with E-state index in [1.807, 2.05) is 36.2 Å². The van der Waals surface area contributed by atoms with Crippen LogP contribution in [-0.4, -0.2) is 77.7 Å². The Kier molecular flexibility index (Phi) is 6.26. The minimum absolute atomic E-state index is 0.234. The summed E-state index contributed by atoms with van der Waals surface area (Å²) in [5.74, 6) is 1.51. The van der Waals surface area contributed by atoms with Gasteiger partial charge < -0.3 is 14.9 Å². The van der Waals surface area contributed by atoms with Crippen molar-refractivity contribution in [3.63, 3.8) is 0 Å². The Morgan fingerprint density at radius 2 is 2.08 bits per heavy atom. The first-order valence-electron chi connectivity index (χ1n) is 9.47. The minimum atomic E-state index is -0.324. The summed E-state index contributed by atoms with van der Waals surface area (Å²) in [5, 5.41) is 9.77. The summed E-state index contributed by atoms with van der Waals surface area (Å²) in [7, 11) is 0. The summed E-state index contributed by atoms with van der Waals surface area (Å²) in [5.41, 5.74) is 0. The quantitative estimate of drug-likeness (QED) is 0.868. The summed E-state index contributed by atoms with van der Waals surface area (Å²) < 4.78 is 0. The molecule has 1 N–H and O–H groups in total. The van der Waals surface area contributed by atoms with Crippen LogP contribution in [0.15, 0.2) is 24.4 Å². The number of rotatable bonds is 5. The maximum Gasteiger partial charge on any atom is 0.223 e. The topological polar surface area (TPSA) is 59.9 Å². The second kappa shape index (κ2) is 8.63. The summed E-state index contributed by atoms with van der Waals surface area (Å²) in [6, 6.07) is 6.01. The van der Waals surface area contributed by atoms with Crippen LogP contribution in [0, 0.1) is 5.92 Å². The standard InChI is InChI=1S/C19H30N4O2/c1-16(24)17-5-4-9-23(15-17)19(25)7-10-21-11-13-22(14-12-21)18-6-2-3-8-20-18/h2-3,6,8,16-17,24H,4-5,7,9-15H2,1H3. The van der Waals surface area contributed by atoms with Crippen LogP contribution in [0.4, 0.5) is 5.82 Å². The first kappa shape index (κ1) is 18.1. The van der Waals surface area contributed by atoms with Crippen LogP contribution in [0.5, 0.6) is 0 Å². The van der Waals surface area contributed by atoms with E-state index in [1.165, 1.54) is 0 Å². The summed E-state index contributed by atoms with van der Waals surface area (Å²) in [4.78, 5) is 23.5. The number of carbonyl (C=O) groups is 1. The Morgan fingerprint density at radius 1 is 1.28 bits per heavy atom. The molecule has 2 unspecified atom stereocenters. The van der Waals surface area contributed by atoms with Gasteiger partial charge in [0.15, 0.2) is 0 Å². The Balaban J connectivity index is 1.40. The molecule has 1 aromatic heterocycles. The fraction of sp³-hybridized carbons (Fsp3) is 0.684. The number of aromatic nitrogens is 1. The number of nitrogens with zero attached hydrogens (tertiary/aromatic N) is 4. The second-order valence-corrected chi connectivity index (χ2v) is 7.25. The van der Waals surface area contributed by atoms with E-state index in [0.717, 1.165) is 57.9 Å². The highest BCUT2D eigenvalue weighted by Crippen LogP contribution is 2.20. The van der Waals surface area contributed by atoms with Gasteiger partial charge in [-0.25, -0.2) is 4.98 Å². The van der Waals surface area contributed by atoms with Crippen LogP contribution in [0.25, 0.3) is 0 Å². The van der Waals surface area contributed by atoms with E-state index >= 15 is 0 Å². The molecule has 0 aromatic carbocycles. The van der Waals surface area contributed by atoms with Gasteiger partial charge in [-0.2, -0.15) is 0 Å². The summed E-state index contributed by atoms with van der Waals surface area (Å²) in [6.45, 7) is 8.07. The van der Waals surface area contributed by atoms with Crippen molar-refractivity contribution in [2.45, 2.75) is 32.3 Å². The van der Waals surface area contributed by atoms with Crippen molar-refractivity contribution in [3.05, 3.63) is 24.4 Å². The zero-order chi connectivity index (χ0) is 17.6. The average Bonchev–Trinajstić information content (AvgIpc) is 2.67. The monoisotopic (exact) mass is 346 g/mol. The molecule has 6 nitrogen and oxygen atoms in total. The summed E-state index contributed by atoms with van der Waals surface area (Å²) in [6.07, 6.45) is 4.12. The van der Waals surface area contributed by atoms with Crippen molar-refractivity contribution in [3.8, 4) is 0 Å².